The van der Waals surface area contributed by atoms with E-state index in [1.807, 2.05) is 12.1 Å². The van der Waals surface area contributed by atoms with Crippen LogP contribution in [0.1, 0.15) is 36.1 Å². The summed E-state index contributed by atoms with van der Waals surface area (Å²) < 4.78 is 22.3. The minimum atomic E-state index is -0.221. The molecule has 0 bridgehead atoms. The molecule has 0 aromatic heterocycles. The van der Waals surface area contributed by atoms with Crippen LogP contribution in [0.2, 0.25) is 0 Å². The average Bonchev–Trinajstić information content (AvgIpc) is 2.75. The molecule has 29 heavy (non-hydrogen) atoms. The lowest BCUT2D eigenvalue weighted by Gasteiger charge is -2.46. The second-order valence-corrected chi connectivity index (χ2v) is 9.27. The third-order valence-electron chi connectivity index (χ3n) is 6.50. The smallest absolute Gasteiger partial charge is 0.147 e. The van der Waals surface area contributed by atoms with Gasteiger partial charge in [0, 0.05) is 48.7 Å². The lowest BCUT2D eigenvalue weighted by atomic mass is 9.76. The lowest BCUT2D eigenvalue weighted by molar-refractivity contribution is -0.103. The van der Waals surface area contributed by atoms with Gasteiger partial charge in [-0.15, -0.1) is 0 Å². The van der Waals surface area contributed by atoms with Crippen LogP contribution in [0.4, 0.5) is 10.1 Å². The fourth-order valence-electron chi connectivity index (χ4n) is 5.09. The molecule has 0 aliphatic carbocycles. The summed E-state index contributed by atoms with van der Waals surface area (Å²) in [5.74, 6) is 0.0689. The first-order valence-corrected chi connectivity index (χ1v) is 11.4. The molecule has 0 saturated carbocycles. The van der Waals surface area contributed by atoms with Gasteiger partial charge in [0.05, 0.1) is 23.9 Å². The number of ether oxygens (including phenoxy) is 1. The van der Waals surface area contributed by atoms with E-state index in [0.29, 0.717) is 5.69 Å². The van der Waals surface area contributed by atoms with Crippen molar-refractivity contribution in [3.8, 4) is 0 Å². The number of rotatable bonds is 3. The summed E-state index contributed by atoms with van der Waals surface area (Å²) in [6.07, 6.45) is 2.22. The summed E-state index contributed by atoms with van der Waals surface area (Å²) in [7, 11) is 0. The fraction of sp³-hybridized carbons (Fsp3) is 0.478. The summed E-state index contributed by atoms with van der Waals surface area (Å²) in [4.78, 5) is 2.49. The van der Waals surface area contributed by atoms with E-state index in [2.05, 4.69) is 55.7 Å². The SMILES string of the molecule is Fc1cc(Br)cc2c1N[C@@H](c1ccccc1)[C@@H]1CC[C@H](CN3CCNCC3)O[C@H]21. The number of nitrogens with one attached hydrogen (secondary N) is 2. The third kappa shape index (κ3) is 3.96. The Balaban J connectivity index is 1.45. The van der Waals surface area contributed by atoms with Crippen molar-refractivity contribution >= 4 is 21.6 Å². The summed E-state index contributed by atoms with van der Waals surface area (Å²) in [6, 6.07) is 14.0. The molecule has 2 saturated heterocycles. The quantitative estimate of drug-likeness (QED) is 0.708. The molecule has 4 atom stereocenters. The normalized spacial score (nSPS) is 29.6. The molecule has 5 rings (SSSR count). The minimum Gasteiger partial charge on any atom is -0.375 e. The minimum absolute atomic E-state index is 0.0597. The number of fused-ring (bicyclic) bond motifs is 3. The highest BCUT2D eigenvalue weighted by Gasteiger charge is 2.43. The second-order valence-electron chi connectivity index (χ2n) is 8.36. The van der Waals surface area contributed by atoms with Crippen LogP contribution in [0.5, 0.6) is 0 Å². The Kier molecular flexibility index (Phi) is 5.61. The maximum absolute atomic E-state index is 14.9. The monoisotopic (exact) mass is 459 g/mol. The van der Waals surface area contributed by atoms with Crippen LogP contribution >= 0.6 is 15.9 Å². The largest absolute Gasteiger partial charge is 0.375 e. The number of halogens is 2. The van der Waals surface area contributed by atoms with Gasteiger partial charge in [-0.25, -0.2) is 4.39 Å². The highest BCUT2D eigenvalue weighted by atomic mass is 79.9. The van der Waals surface area contributed by atoms with Crippen molar-refractivity contribution in [2.24, 2.45) is 5.92 Å². The molecule has 3 heterocycles. The van der Waals surface area contributed by atoms with Crippen molar-refractivity contribution in [2.45, 2.75) is 31.1 Å². The van der Waals surface area contributed by atoms with Crippen molar-refractivity contribution in [3.63, 3.8) is 0 Å². The Morgan fingerprint density at radius 3 is 2.69 bits per heavy atom. The third-order valence-corrected chi connectivity index (χ3v) is 6.96. The zero-order valence-corrected chi connectivity index (χ0v) is 18.0. The van der Waals surface area contributed by atoms with E-state index in [1.165, 1.54) is 11.6 Å². The first kappa shape index (κ1) is 19.5. The predicted molar refractivity (Wildman–Crippen MR) is 117 cm³/mol. The van der Waals surface area contributed by atoms with Crippen LogP contribution in [-0.2, 0) is 4.74 Å². The van der Waals surface area contributed by atoms with Gasteiger partial charge in [-0.3, -0.25) is 4.90 Å². The van der Waals surface area contributed by atoms with Gasteiger partial charge in [0.1, 0.15) is 5.82 Å². The maximum atomic E-state index is 14.9. The van der Waals surface area contributed by atoms with Crippen LogP contribution in [0.15, 0.2) is 46.9 Å². The summed E-state index contributed by atoms with van der Waals surface area (Å²) in [5, 5.41) is 6.92. The molecule has 0 amide bonds. The Bertz CT molecular complexity index is 859. The molecule has 2 aromatic rings. The van der Waals surface area contributed by atoms with E-state index in [4.69, 9.17) is 4.74 Å². The highest BCUT2D eigenvalue weighted by molar-refractivity contribution is 9.10. The first-order valence-electron chi connectivity index (χ1n) is 10.6. The van der Waals surface area contributed by atoms with Crippen molar-refractivity contribution in [1.82, 2.24) is 10.2 Å². The number of nitrogens with zero attached hydrogens (tertiary/aromatic N) is 1. The molecule has 2 aromatic carbocycles. The number of anilines is 1. The molecular weight excluding hydrogens is 433 g/mol. The molecule has 3 aliphatic rings. The van der Waals surface area contributed by atoms with Gasteiger partial charge >= 0.3 is 0 Å². The predicted octanol–water partition coefficient (Wildman–Crippen LogP) is 4.50. The summed E-state index contributed by atoms with van der Waals surface area (Å²) in [6.45, 7) is 5.18. The Morgan fingerprint density at radius 1 is 1.10 bits per heavy atom. The molecule has 0 spiro atoms. The van der Waals surface area contributed by atoms with Gasteiger partial charge in [0.15, 0.2) is 0 Å². The Morgan fingerprint density at radius 2 is 1.90 bits per heavy atom. The van der Waals surface area contributed by atoms with Crippen LogP contribution in [-0.4, -0.2) is 43.7 Å². The van der Waals surface area contributed by atoms with E-state index < -0.39 is 0 Å². The maximum Gasteiger partial charge on any atom is 0.147 e. The average molecular weight is 460 g/mol. The van der Waals surface area contributed by atoms with Crippen molar-refractivity contribution in [2.75, 3.05) is 38.0 Å². The van der Waals surface area contributed by atoms with Crippen LogP contribution < -0.4 is 10.6 Å². The first-order chi connectivity index (χ1) is 14.2. The summed E-state index contributed by atoms with van der Waals surface area (Å²) >= 11 is 3.47. The molecule has 0 radical (unpaired) electrons. The molecule has 2 fully saturated rings. The van der Waals surface area contributed by atoms with Crippen molar-refractivity contribution in [3.05, 3.63) is 63.9 Å². The van der Waals surface area contributed by atoms with Gasteiger partial charge in [0.2, 0.25) is 0 Å². The Hall–Kier alpha value is -1.47. The van der Waals surface area contributed by atoms with E-state index in [0.717, 1.165) is 55.6 Å². The number of hydrogen-bond donors (Lipinski definition) is 2. The number of hydrogen-bond acceptors (Lipinski definition) is 4. The zero-order chi connectivity index (χ0) is 19.8. The number of benzene rings is 2. The van der Waals surface area contributed by atoms with Gasteiger partial charge in [-0.1, -0.05) is 46.3 Å². The van der Waals surface area contributed by atoms with Crippen molar-refractivity contribution < 1.29 is 9.13 Å². The molecular formula is C23H27BrFN3O. The summed E-state index contributed by atoms with van der Waals surface area (Å²) in [5.41, 5.74) is 2.73. The zero-order valence-electron chi connectivity index (χ0n) is 16.4. The van der Waals surface area contributed by atoms with E-state index in [9.17, 15) is 4.39 Å². The highest BCUT2D eigenvalue weighted by Crippen LogP contribution is 2.51. The second kappa shape index (κ2) is 8.34. The molecule has 2 N–H and O–H groups in total. The molecule has 3 aliphatic heterocycles. The van der Waals surface area contributed by atoms with E-state index >= 15 is 0 Å². The van der Waals surface area contributed by atoms with Crippen molar-refractivity contribution in [1.29, 1.82) is 0 Å². The van der Waals surface area contributed by atoms with E-state index in [-0.39, 0.29) is 30.0 Å². The Labute approximate surface area is 179 Å². The standard InChI is InChI=1S/C23H27BrFN3O/c24-16-12-19-22(20(25)13-16)27-21(15-4-2-1-3-5-15)18-7-6-17(29-23(18)19)14-28-10-8-26-9-11-28/h1-5,12-13,17-18,21,23,26-27H,6-11,14H2/t17-,18+,21+,23+/m1/s1. The molecule has 4 nitrogen and oxygen atoms in total. The topological polar surface area (TPSA) is 36.5 Å². The van der Waals surface area contributed by atoms with Gasteiger partial charge in [-0.2, -0.15) is 0 Å². The van der Waals surface area contributed by atoms with Crippen LogP contribution in [0.25, 0.3) is 0 Å². The molecule has 6 heteroatoms. The van der Waals surface area contributed by atoms with E-state index in [1.54, 1.807) is 0 Å². The lowest BCUT2D eigenvalue weighted by Crippen LogP contribution is -2.48. The van der Waals surface area contributed by atoms with Gasteiger partial charge in [-0.05, 0) is 30.5 Å². The fourth-order valence-corrected chi connectivity index (χ4v) is 5.54. The van der Waals surface area contributed by atoms with Crippen LogP contribution in [0, 0.1) is 11.7 Å². The molecule has 0 unspecified atom stereocenters. The number of piperazine rings is 1. The van der Waals surface area contributed by atoms with Crippen LogP contribution in [0.3, 0.4) is 0 Å². The van der Waals surface area contributed by atoms with Gasteiger partial charge < -0.3 is 15.4 Å². The van der Waals surface area contributed by atoms with Gasteiger partial charge in [0.25, 0.3) is 0 Å². The molecule has 154 valence electrons.